The summed E-state index contributed by atoms with van der Waals surface area (Å²) in [7, 11) is 0. The maximum absolute atomic E-state index is 13.1. The monoisotopic (exact) mass is 360 g/mol. The van der Waals surface area contributed by atoms with Crippen molar-refractivity contribution >= 4 is 11.6 Å². The molecule has 0 N–H and O–H groups in total. The van der Waals surface area contributed by atoms with Crippen molar-refractivity contribution in [3.63, 3.8) is 0 Å². The van der Waals surface area contributed by atoms with Gasteiger partial charge in [-0.15, -0.1) is 0 Å². The molecule has 0 saturated carbocycles. The molecule has 0 atom stereocenters. The molecule has 2 aromatic heterocycles. The predicted molar refractivity (Wildman–Crippen MR) is 108 cm³/mol. The Morgan fingerprint density at radius 2 is 1.56 bits per heavy atom. The minimum atomic E-state index is 0.125. The van der Waals surface area contributed by atoms with Gasteiger partial charge in [0, 0.05) is 61.3 Å². The van der Waals surface area contributed by atoms with Crippen LogP contribution in [0.1, 0.15) is 21.7 Å². The highest BCUT2D eigenvalue weighted by atomic mass is 16.2. The molecule has 5 heteroatoms. The van der Waals surface area contributed by atoms with E-state index in [-0.39, 0.29) is 5.91 Å². The van der Waals surface area contributed by atoms with E-state index in [0.29, 0.717) is 0 Å². The highest BCUT2D eigenvalue weighted by Gasteiger charge is 2.25. The van der Waals surface area contributed by atoms with E-state index in [9.17, 15) is 4.79 Å². The number of amides is 1. The molecular formula is C22H24N4O. The van der Waals surface area contributed by atoms with Crippen molar-refractivity contribution in [1.82, 2.24) is 14.5 Å². The van der Waals surface area contributed by atoms with Gasteiger partial charge in [-0.05, 0) is 44.2 Å². The number of carbonyl (C=O) groups excluding carboxylic acids is 1. The molecule has 1 aliphatic rings. The zero-order valence-electron chi connectivity index (χ0n) is 15.8. The van der Waals surface area contributed by atoms with E-state index < -0.39 is 0 Å². The van der Waals surface area contributed by atoms with Crippen LogP contribution in [0.3, 0.4) is 0 Å². The van der Waals surface area contributed by atoms with Crippen LogP contribution in [0.5, 0.6) is 0 Å². The molecule has 1 aliphatic heterocycles. The Bertz CT molecular complexity index is 926. The highest BCUT2D eigenvalue weighted by Crippen LogP contribution is 2.23. The molecule has 3 aromatic rings. The maximum Gasteiger partial charge on any atom is 0.255 e. The lowest BCUT2D eigenvalue weighted by molar-refractivity contribution is 0.0746. The van der Waals surface area contributed by atoms with Gasteiger partial charge in [0.25, 0.3) is 5.91 Å². The van der Waals surface area contributed by atoms with Crippen LogP contribution in [0.4, 0.5) is 5.69 Å². The largest absolute Gasteiger partial charge is 0.368 e. The van der Waals surface area contributed by atoms with Gasteiger partial charge in [-0.1, -0.05) is 18.2 Å². The molecule has 4 rings (SSSR count). The molecule has 0 aliphatic carbocycles. The molecule has 1 fully saturated rings. The Morgan fingerprint density at radius 1 is 0.889 bits per heavy atom. The summed E-state index contributed by atoms with van der Waals surface area (Å²) >= 11 is 0. The summed E-state index contributed by atoms with van der Waals surface area (Å²) in [5.74, 6) is 0.125. The summed E-state index contributed by atoms with van der Waals surface area (Å²) in [4.78, 5) is 21.5. The minimum absolute atomic E-state index is 0.125. The number of carbonyl (C=O) groups is 1. The standard InChI is InChI=1S/C22H24N4O/c1-17-16-21(18(2)26(17)20-6-4-3-5-7-20)22(27)25-14-12-24(13-15-25)19-8-10-23-11-9-19/h3-11,16H,12-15H2,1-2H3. The fourth-order valence-electron chi connectivity index (χ4n) is 3.85. The zero-order chi connectivity index (χ0) is 18.8. The second kappa shape index (κ2) is 7.27. The van der Waals surface area contributed by atoms with Crippen LogP contribution in [0.2, 0.25) is 0 Å². The van der Waals surface area contributed by atoms with Gasteiger partial charge in [-0.3, -0.25) is 9.78 Å². The van der Waals surface area contributed by atoms with Crippen molar-refractivity contribution in [1.29, 1.82) is 0 Å². The number of nitrogens with zero attached hydrogens (tertiary/aromatic N) is 4. The Kier molecular flexibility index (Phi) is 4.67. The fraction of sp³-hybridized carbons (Fsp3) is 0.273. The molecule has 3 heterocycles. The average Bonchev–Trinajstić information content (AvgIpc) is 3.03. The van der Waals surface area contributed by atoms with E-state index in [1.807, 2.05) is 60.6 Å². The molecule has 0 unspecified atom stereocenters. The quantitative estimate of drug-likeness (QED) is 0.718. The summed E-state index contributed by atoms with van der Waals surface area (Å²) in [6.45, 7) is 7.23. The molecule has 0 bridgehead atoms. The first-order chi connectivity index (χ1) is 13.1. The van der Waals surface area contributed by atoms with E-state index in [1.54, 1.807) is 0 Å². The molecule has 138 valence electrons. The summed E-state index contributed by atoms with van der Waals surface area (Å²) < 4.78 is 2.15. The first kappa shape index (κ1) is 17.3. The number of pyridine rings is 1. The Morgan fingerprint density at radius 3 is 2.22 bits per heavy atom. The first-order valence-corrected chi connectivity index (χ1v) is 9.34. The van der Waals surface area contributed by atoms with Crippen molar-refractivity contribution in [3.8, 4) is 5.69 Å². The number of aryl methyl sites for hydroxylation is 1. The third-order valence-corrected chi connectivity index (χ3v) is 5.27. The lowest BCUT2D eigenvalue weighted by Gasteiger charge is -2.36. The smallest absolute Gasteiger partial charge is 0.255 e. The molecule has 1 amide bonds. The number of para-hydroxylation sites is 1. The Balaban J connectivity index is 1.51. The number of benzene rings is 1. The topological polar surface area (TPSA) is 41.4 Å². The second-order valence-electron chi connectivity index (χ2n) is 6.94. The summed E-state index contributed by atoms with van der Waals surface area (Å²) in [6.07, 6.45) is 3.62. The van der Waals surface area contributed by atoms with E-state index in [1.165, 1.54) is 5.69 Å². The van der Waals surface area contributed by atoms with Crippen LogP contribution in [-0.4, -0.2) is 46.5 Å². The normalized spacial score (nSPS) is 14.4. The lowest BCUT2D eigenvalue weighted by Crippen LogP contribution is -2.48. The molecular weight excluding hydrogens is 336 g/mol. The van der Waals surface area contributed by atoms with Gasteiger partial charge in [0.1, 0.15) is 0 Å². The van der Waals surface area contributed by atoms with Crippen LogP contribution >= 0.6 is 0 Å². The van der Waals surface area contributed by atoms with Crippen LogP contribution < -0.4 is 4.90 Å². The zero-order valence-corrected chi connectivity index (χ0v) is 15.8. The molecule has 1 aromatic carbocycles. The Labute approximate surface area is 159 Å². The lowest BCUT2D eigenvalue weighted by atomic mass is 10.2. The molecule has 5 nitrogen and oxygen atoms in total. The third kappa shape index (κ3) is 3.33. The molecule has 0 spiro atoms. The van der Waals surface area contributed by atoms with Crippen molar-refractivity contribution < 1.29 is 4.79 Å². The van der Waals surface area contributed by atoms with Gasteiger partial charge >= 0.3 is 0 Å². The van der Waals surface area contributed by atoms with E-state index >= 15 is 0 Å². The highest BCUT2D eigenvalue weighted by molar-refractivity contribution is 5.96. The first-order valence-electron chi connectivity index (χ1n) is 9.34. The van der Waals surface area contributed by atoms with Gasteiger partial charge in [0.05, 0.1) is 5.56 Å². The van der Waals surface area contributed by atoms with Crippen molar-refractivity contribution in [2.75, 3.05) is 31.1 Å². The third-order valence-electron chi connectivity index (χ3n) is 5.27. The number of rotatable bonds is 3. The van der Waals surface area contributed by atoms with Crippen LogP contribution in [-0.2, 0) is 0 Å². The Hall–Kier alpha value is -3.08. The predicted octanol–water partition coefficient (Wildman–Crippen LogP) is 3.45. The summed E-state index contributed by atoms with van der Waals surface area (Å²) in [5.41, 5.74) is 5.14. The SMILES string of the molecule is Cc1cc(C(=O)N2CCN(c3ccncc3)CC2)c(C)n1-c1ccccc1. The number of piperazine rings is 1. The maximum atomic E-state index is 13.1. The summed E-state index contributed by atoms with van der Waals surface area (Å²) in [5, 5.41) is 0. The fourth-order valence-corrected chi connectivity index (χ4v) is 3.85. The molecule has 1 saturated heterocycles. The van der Waals surface area contributed by atoms with Crippen LogP contribution in [0.25, 0.3) is 5.69 Å². The van der Waals surface area contributed by atoms with Crippen LogP contribution in [0, 0.1) is 13.8 Å². The van der Waals surface area contributed by atoms with Gasteiger partial charge in [0.2, 0.25) is 0 Å². The number of hydrogen-bond acceptors (Lipinski definition) is 3. The van der Waals surface area contributed by atoms with Crippen LogP contribution in [0.15, 0.2) is 60.9 Å². The molecule has 27 heavy (non-hydrogen) atoms. The minimum Gasteiger partial charge on any atom is -0.368 e. The number of anilines is 1. The van der Waals surface area contributed by atoms with E-state index in [4.69, 9.17) is 0 Å². The van der Waals surface area contributed by atoms with Crippen molar-refractivity contribution in [2.24, 2.45) is 0 Å². The number of aromatic nitrogens is 2. The van der Waals surface area contributed by atoms with Gasteiger partial charge < -0.3 is 14.4 Å². The second-order valence-corrected chi connectivity index (χ2v) is 6.94. The van der Waals surface area contributed by atoms with E-state index in [0.717, 1.165) is 48.8 Å². The molecule has 0 radical (unpaired) electrons. The average molecular weight is 360 g/mol. The number of hydrogen-bond donors (Lipinski definition) is 0. The van der Waals surface area contributed by atoms with Crippen molar-refractivity contribution in [3.05, 3.63) is 77.9 Å². The van der Waals surface area contributed by atoms with Crippen molar-refractivity contribution in [2.45, 2.75) is 13.8 Å². The van der Waals surface area contributed by atoms with Gasteiger partial charge in [-0.2, -0.15) is 0 Å². The summed E-state index contributed by atoms with van der Waals surface area (Å²) in [6, 6.07) is 16.2. The van der Waals surface area contributed by atoms with Gasteiger partial charge in [0.15, 0.2) is 0 Å². The van der Waals surface area contributed by atoms with E-state index in [2.05, 4.69) is 33.5 Å². The van der Waals surface area contributed by atoms with Gasteiger partial charge in [-0.25, -0.2) is 0 Å².